The third kappa shape index (κ3) is 5.74. The van der Waals surface area contributed by atoms with Gasteiger partial charge in [0.15, 0.2) is 0 Å². The number of aliphatic hydroxyl groups excluding tert-OH is 1. The van der Waals surface area contributed by atoms with Crippen molar-refractivity contribution in [3.05, 3.63) is 0 Å². The van der Waals surface area contributed by atoms with Gasteiger partial charge in [-0.05, 0) is 0 Å². The van der Waals surface area contributed by atoms with E-state index in [4.69, 9.17) is 10.1 Å². The van der Waals surface area contributed by atoms with Crippen molar-refractivity contribution in [2.45, 2.75) is 0 Å². The fraction of sp³-hybridized carbons (Fsp3) is 1.00. The van der Waals surface area contributed by atoms with Crippen LogP contribution in [-0.4, -0.2) is 37.8 Å². The number of rotatable bonds is 5. The summed E-state index contributed by atoms with van der Waals surface area (Å²) in [5.74, 6) is 0. The van der Waals surface area contributed by atoms with Crippen molar-refractivity contribution >= 4 is 7.32 Å². The van der Waals surface area contributed by atoms with Gasteiger partial charge in [0.1, 0.15) is 6.61 Å². The Morgan fingerprint density at radius 3 is 2.67 bits per heavy atom. The van der Waals surface area contributed by atoms with Crippen LogP contribution in [0.5, 0.6) is 0 Å². The average Bonchev–Trinajstić information content (AvgIpc) is 1.89. The average molecular weight is 136 g/mol. The van der Waals surface area contributed by atoms with Gasteiger partial charge in [-0.2, -0.15) is 0 Å². The molecule has 0 heterocycles. The van der Waals surface area contributed by atoms with Crippen LogP contribution in [0, 0.1) is 0 Å². The van der Waals surface area contributed by atoms with Gasteiger partial charge in [0, 0.05) is 7.11 Å². The van der Waals surface area contributed by atoms with Gasteiger partial charge in [-0.3, -0.25) is 0 Å². The Kier molecular flexibility index (Phi) is 5.90. The first-order valence-electron chi connectivity index (χ1n) is 2.41. The predicted octanol–water partition coefficient (Wildman–Crippen LogP) is -1.45. The first-order valence-corrected chi connectivity index (χ1v) is 2.41. The molecular formula is C3H9BO5. The van der Waals surface area contributed by atoms with Crippen LogP contribution >= 0.6 is 0 Å². The number of aliphatic hydroxyl groups is 1. The fourth-order valence-corrected chi connectivity index (χ4v) is 0.183. The zero-order chi connectivity index (χ0) is 7.11. The monoisotopic (exact) mass is 136 g/mol. The van der Waals surface area contributed by atoms with Crippen molar-refractivity contribution in [2.75, 3.05) is 20.3 Å². The third-order valence-corrected chi connectivity index (χ3v) is 0.527. The molecule has 5 nitrogen and oxygen atoms in total. The summed E-state index contributed by atoms with van der Waals surface area (Å²) in [5.41, 5.74) is 0. The topological polar surface area (TPSA) is 68.2 Å². The molecule has 0 aromatic rings. The highest BCUT2D eigenvalue weighted by molar-refractivity contribution is 6.34. The second-order valence-electron chi connectivity index (χ2n) is 1.18. The number of hydrogen-bond donors (Lipinski definition) is 2. The molecule has 0 aromatic carbocycles. The van der Waals surface area contributed by atoms with Gasteiger partial charge in [0.2, 0.25) is 0 Å². The summed E-state index contributed by atoms with van der Waals surface area (Å²) in [6.07, 6.45) is 0. The highest BCUT2D eigenvalue weighted by Crippen LogP contribution is 1.82. The van der Waals surface area contributed by atoms with Crippen LogP contribution in [-0.2, 0) is 14.3 Å². The number of hydrogen-bond acceptors (Lipinski definition) is 5. The summed E-state index contributed by atoms with van der Waals surface area (Å²) in [4.78, 5) is 8.32. The fourth-order valence-electron chi connectivity index (χ4n) is 0.183. The Hall–Kier alpha value is -0.135. The molecule has 0 aliphatic heterocycles. The van der Waals surface area contributed by atoms with E-state index in [0.29, 0.717) is 0 Å². The summed E-state index contributed by atoms with van der Waals surface area (Å²) < 4.78 is 4.22. The lowest BCUT2D eigenvalue weighted by Crippen LogP contribution is -2.21. The van der Waals surface area contributed by atoms with Gasteiger partial charge in [-0.1, -0.05) is 0 Å². The highest BCUT2D eigenvalue weighted by Gasteiger charge is 2.13. The van der Waals surface area contributed by atoms with E-state index in [1.165, 1.54) is 7.11 Å². The van der Waals surface area contributed by atoms with E-state index in [1.54, 1.807) is 0 Å². The Morgan fingerprint density at radius 2 is 2.22 bits per heavy atom. The zero-order valence-electron chi connectivity index (χ0n) is 5.11. The van der Waals surface area contributed by atoms with Crippen molar-refractivity contribution < 1.29 is 24.5 Å². The maximum Gasteiger partial charge on any atom is 0.665 e. The molecule has 0 unspecified atom stereocenters. The first kappa shape index (κ1) is 8.86. The van der Waals surface area contributed by atoms with Crippen LogP contribution in [0.2, 0.25) is 0 Å². The van der Waals surface area contributed by atoms with E-state index in [0.717, 1.165) is 0 Å². The van der Waals surface area contributed by atoms with E-state index in [2.05, 4.69) is 14.3 Å². The second kappa shape index (κ2) is 5.99. The molecule has 6 heteroatoms. The summed E-state index contributed by atoms with van der Waals surface area (Å²) in [6.45, 7) is -0.142. The van der Waals surface area contributed by atoms with Gasteiger partial charge in [0.25, 0.3) is 0 Å². The van der Waals surface area contributed by atoms with E-state index < -0.39 is 7.32 Å². The lowest BCUT2D eigenvalue weighted by Gasteiger charge is -2.01. The molecule has 0 saturated heterocycles. The van der Waals surface area contributed by atoms with Gasteiger partial charge in [-0.15, -0.1) is 0 Å². The summed E-state index contributed by atoms with van der Waals surface area (Å²) in [7, 11) is -0.121. The van der Waals surface area contributed by atoms with E-state index >= 15 is 0 Å². The Balaban J connectivity index is 2.88. The molecule has 0 bridgehead atoms. The van der Waals surface area contributed by atoms with Crippen molar-refractivity contribution in [2.24, 2.45) is 0 Å². The summed E-state index contributed by atoms with van der Waals surface area (Å²) >= 11 is 0. The van der Waals surface area contributed by atoms with Crippen molar-refractivity contribution in [3.8, 4) is 0 Å². The second-order valence-corrected chi connectivity index (χ2v) is 1.18. The van der Waals surface area contributed by atoms with Gasteiger partial charge in [-0.25, -0.2) is 9.69 Å². The van der Waals surface area contributed by atoms with E-state index in [9.17, 15) is 0 Å². The van der Waals surface area contributed by atoms with Crippen molar-refractivity contribution in [3.63, 3.8) is 0 Å². The highest BCUT2D eigenvalue weighted by atomic mass is 17.2. The SMILES string of the molecule is COB(O)OOCCO. The molecule has 0 rings (SSSR count). The molecule has 0 radical (unpaired) electrons. The largest absolute Gasteiger partial charge is 0.665 e. The Morgan fingerprint density at radius 1 is 1.56 bits per heavy atom. The van der Waals surface area contributed by atoms with Crippen molar-refractivity contribution in [1.29, 1.82) is 0 Å². The van der Waals surface area contributed by atoms with Crippen LogP contribution in [0.4, 0.5) is 0 Å². The molecule has 2 N–H and O–H groups in total. The predicted molar refractivity (Wildman–Crippen MR) is 29.1 cm³/mol. The molecule has 9 heavy (non-hydrogen) atoms. The van der Waals surface area contributed by atoms with E-state index in [-0.39, 0.29) is 13.2 Å². The van der Waals surface area contributed by atoms with Crippen LogP contribution in [0.3, 0.4) is 0 Å². The summed E-state index contributed by atoms with van der Waals surface area (Å²) in [5, 5.41) is 16.6. The normalized spacial score (nSPS) is 9.67. The third-order valence-electron chi connectivity index (χ3n) is 0.527. The maximum absolute atomic E-state index is 8.43. The quantitative estimate of drug-likeness (QED) is 0.209. The lowest BCUT2D eigenvalue weighted by atomic mass is 10.3. The molecule has 0 aliphatic rings. The minimum atomic E-state index is -1.38. The van der Waals surface area contributed by atoms with Crippen LogP contribution in [0.25, 0.3) is 0 Å². The molecular weight excluding hydrogens is 127 g/mol. The summed E-state index contributed by atoms with van der Waals surface area (Å²) in [6, 6.07) is 0. The molecule has 0 saturated carbocycles. The molecule has 0 atom stereocenters. The standard InChI is InChI=1S/C3H9BO5/c1-7-4(6)9-8-3-2-5/h5-6H,2-3H2,1H3. The van der Waals surface area contributed by atoms with Gasteiger partial charge >= 0.3 is 7.32 Å². The molecule has 0 aliphatic carbocycles. The van der Waals surface area contributed by atoms with Gasteiger partial charge < -0.3 is 14.8 Å². The van der Waals surface area contributed by atoms with E-state index in [1.807, 2.05) is 0 Å². The molecule has 0 spiro atoms. The van der Waals surface area contributed by atoms with Crippen molar-refractivity contribution in [1.82, 2.24) is 0 Å². The molecule has 54 valence electrons. The first-order chi connectivity index (χ1) is 4.31. The Labute approximate surface area is 53.3 Å². The van der Waals surface area contributed by atoms with Crippen LogP contribution < -0.4 is 0 Å². The minimum Gasteiger partial charge on any atom is -0.400 e. The molecule has 0 amide bonds. The van der Waals surface area contributed by atoms with Gasteiger partial charge in [0.05, 0.1) is 6.61 Å². The Bertz CT molecular complexity index is 60.2. The minimum absolute atomic E-state index is 0.0143. The molecule has 0 fully saturated rings. The van der Waals surface area contributed by atoms with Crippen LogP contribution in [0.15, 0.2) is 0 Å². The van der Waals surface area contributed by atoms with Crippen LogP contribution in [0.1, 0.15) is 0 Å². The maximum atomic E-state index is 8.43. The lowest BCUT2D eigenvalue weighted by molar-refractivity contribution is -0.240. The smallest absolute Gasteiger partial charge is 0.400 e. The molecule has 0 aromatic heterocycles. The zero-order valence-corrected chi connectivity index (χ0v) is 5.11.